The minimum Gasteiger partial charge on any atom is -0.508 e. The molecule has 0 aromatic heterocycles. The van der Waals surface area contributed by atoms with Gasteiger partial charge in [0.25, 0.3) is 0 Å². The number of rotatable bonds is 12. The number of phenolic OH excluding ortho intramolecular Hbond substituents is 1. The van der Waals surface area contributed by atoms with Crippen molar-refractivity contribution in [1.82, 2.24) is 0 Å². The van der Waals surface area contributed by atoms with Crippen molar-refractivity contribution in [2.45, 2.75) is 50.2 Å². The molecule has 0 saturated carbocycles. The highest BCUT2D eigenvalue weighted by atomic mass is 16.4. The fraction of sp³-hybridized carbons (Fsp3) is 0.385. The largest absolute Gasteiger partial charge is 0.508 e. The molecular formula is C26H41N5O9. The van der Waals surface area contributed by atoms with E-state index in [4.69, 9.17) is 48.5 Å². The van der Waals surface area contributed by atoms with E-state index in [2.05, 4.69) is 5.73 Å². The van der Waals surface area contributed by atoms with Gasteiger partial charge in [-0.05, 0) is 55.5 Å². The highest BCUT2D eigenvalue weighted by Gasteiger charge is 2.12. The summed E-state index contributed by atoms with van der Waals surface area (Å²) in [5.74, 6) is -3.72. The quantitative estimate of drug-likeness (QED) is 0.145. The van der Waals surface area contributed by atoms with Crippen molar-refractivity contribution >= 4 is 23.9 Å². The number of hydrogen-bond acceptors (Lipinski definition) is 10. The van der Waals surface area contributed by atoms with Crippen molar-refractivity contribution < 1.29 is 44.7 Å². The van der Waals surface area contributed by atoms with Gasteiger partial charge in [-0.15, -0.1) is 0 Å². The molecule has 15 N–H and O–H groups in total. The Labute approximate surface area is 232 Å². The van der Waals surface area contributed by atoms with Crippen molar-refractivity contribution in [3.8, 4) is 5.75 Å². The molecule has 2 rings (SSSR count). The van der Waals surface area contributed by atoms with Crippen LogP contribution in [-0.2, 0) is 32.0 Å². The van der Waals surface area contributed by atoms with Crippen molar-refractivity contribution in [2.24, 2.45) is 28.7 Å². The van der Waals surface area contributed by atoms with Crippen LogP contribution < -0.4 is 28.7 Å². The van der Waals surface area contributed by atoms with Crippen LogP contribution in [0, 0.1) is 0 Å². The van der Waals surface area contributed by atoms with Crippen LogP contribution in [0.25, 0.3) is 0 Å². The number of hydrogen-bond donors (Lipinski definition) is 10. The van der Waals surface area contributed by atoms with E-state index in [0.717, 1.165) is 24.0 Å². The second kappa shape index (κ2) is 22.9. The zero-order valence-electron chi connectivity index (χ0n) is 22.1. The first-order valence-electron chi connectivity index (χ1n) is 12.1. The second-order valence-electron chi connectivity index (χ2n) is 8.28. The maximum absolute atomic E-state index is 10.4. The molecule has 14 nitrogen and oxygen atoms in total. The summed E-state index contributed by atoms with van der Waals surface area (Å²) in [5, 5.41) is 41.9. The SMILES string of the molecule is NC(Cc1ccc(O)cc1)C(=O)O.NC(Cc1ccccc1)C(=O)O.NCC(=O)O.NCCCCC(N)C(=O)O. The Kier molecular flexibility index (Phi) is 21.8. The molecule has 0 fully saturated rings. The van der Waals surface area contributed by atoms with E-state index in [1.54, 1.807) is 12.1 Å². The Morgan fingerprint density at radius 2 is 1.02 bits per heavy atom. The molecule has 3 unspecified atom stereocenters. The maximum Gasteiger partial charge on any atom is 0.320 e. The summed E-state index contributed by atoms with van der Waals surface area (Å²) >= 11 is 0. The van der Waals surface area contributed by atoms with Gasteiger partial charge in [0, 0.05) is 0 Å². The minimum atomic E-state index is -1.02. The zero-order valence-corrected chi connectivity index (χ0v) is 22.1. The molecule has 40 heavy (non-hydrogen) atoms. The van der Waals surface area contributed by atoms with E-state index in [1.807, 2.05) is 30.3 Å². The molecular weight excluding hydrogens is 526 g/mol. The third kappa shape index (κ3) is 22.0. The van der Waals surface area contributed by atoms with Crippen LogP contribution in [0.15, 0.2) is 54.6 Å². The molecule has 0 saturated heterocycles. The van der Waals surface area contributed by atoms with Crippen molar-refractivity contribution in [3.63, 3.8) is 0 Å². The first-order chi connectivity index (χ1) is 18.7. The molecule has 0 spiro atoms. The van der Waals surface area contributed by atoms with Crippen LogP contribution in [0.3, 0.4) is 0 Å². The summed E-state index contributed by atoms with van der Waals surface area (Å²) in [6, 6.07) is 13.3. The topological polar surface area (TPSA) is 300 Å². The van der Waals surface area contributed by atoms with Gasteiger partial charge in [0.1, 0.15) is 23.9 Å². The average molecular weight is 568 g/mol. The summed E-state index contributed by atoms with van der Waals surface area (Å²) in [7, 11) is 0. The summed E-state index contributed by atoms with van der Waals surface area (Å²) in [5.41, 5.74) is 27.4. The van der Waals surface area contributed by atoms with E-state index >= 15 is 0 Å². The number of carboxylic acid groups (broad SMARTS) is 4. The smallest absolute Gasteiger partial charge is 0.320 e. The van der Waals surface area contributed by atoms with Gasteiger partial charge in [0.2, 0.25) is 0 Å². The Morgan fingerprint density at radius 3 is 1.38 bits per heavy atom. The lowest BCUT2D eigenvalue weighted by Crippen LogP contribution is -2.32. The van der Waals surface area contributed by atoms with Crippen molar-refractivity contribution in [3.05, 3.63) is 65.7 Å². The molecule has 0 radical (unpaired) electrons. The van der Waals surface area contributed by atoms with Gasteiger partial charge < -0.3 is 54.2 Å². The molecule has 0 aliphatic heterocycles. The lowest BCUT2D eigenvalue weighted by molar-refractivity contribution is -0.139. The standard InChI is InChI=1S/C9H11NO3.C9H11NO2.C6H14N2O2.C2H5NO2/c10-8(9(12)13)5-6-1-3-7(11)4-2-6;10-8(9(11)12)6-7-4-2-1-3-5-7;7-4-2-1-3-5(8)6(9)10;3-1-2(4)5/h1-4,8,11H,5,10H2,(H,12,13);1-5,8H,6,10H2,(H,11,12);5H,1-4,7-8H2,(H,9,10);1,3H2,(H,4,5). The predicted octanol–water partition coefficient (Wildman–Crippen LogP) is -0.455. The highest BCUT2D eigenvalue weighted by Crippen LogP contribution is 2.10. The molecule has 0 aliphatic carbocycles. The van der Waals surface area contributed by atoms with E-state index in [1.165, 1.54) is 12.1 Å². The number of benzene rings is 2. The highest BCUT2D eigenvalue weighted by molar-refractivity contribution is 5.74. The maximum atomic E-state index is 10.4. The first kappa shape index (κ1) is 38.1. The van der Waals surface area contributed by atoms with E-state index in [0.29, 0.717) is 19.4 Å². The number of unbranched alkanes of at least 4 members (excludes halogenated alkanes) is 1. The Balaban J connectivity index is 0. The molecule has 14 heteroatoms. The van der Waals surface area contributed by atoms with E-state index in [9.17, 15) is 19.2 Å². The normalized spacial score (nSPS) is 11.9. The monoisotopic (exact) mass is 567 g/mol. The van der Waals surface area contributed by atoms with Crippen molar-refractivity contribution in [2.75, 3.05) is 13.1 Å². The number of nitrogens with two attached hydrogens (primary N) is 5. The summed E-state index contributed by atoms with van der Waals surface area (Å²) < 4.78 is 0. The van der Waals surface area contributed by atoms with Crippen molar-refractivity contribution in [1.29, 1.82) is 0 Å². The number of carboxylic acids is 4. The molecule has 2 aromatic rings. The Morgan fingerprint density at radius 1 is 0.625 bits per heavy atom. The number of aliphatic carboxylic acids is 4. The summed E-state index contributed by atoms with van der Waals surface area (Å²) in [6.07, 6.45) is 2.82. The van der Waals surface area contributed by atoms with Crippen LogP contribution in [-0.4, -0.2) is 80.6 Å². The molecule has 0 heterocycles. The van der Waals surface area contributed by atoms with Crippen LogP contribution in [0.5, 0.6) is 5.75 Å². The second-order valence-corrected chi connectivity index (χ2v) is 8.28. The van der Waals surface area contributed by atoms with Gasteiger partial charge in [0.15, 0.2) is 0 Å². The lowest BCUT2D eigenvalue weighted by atomic mass is 10.1. The van der Waals surface area contributed by atoms with Crippen LogP contribution >= 0.6 is 0 Å². The number of phenols is 1. The van der Waals surface area contributed by atoms with E-state index < -0.39 is 42.0 Å². The molecule has 0 aliphatic rings. The fourth-order valence-electron chi connectivity index (χ4n) is 2.56. The first-order valence-corrected chi connectivity index (χ1v) is 12.1. The Hall–Kier alpha value is -4.08. The minimum absolute atomic E-state index is 0.160. The Bertz CT molecular complexity index is 992. The van der Waals surface area contributed by atoms with Gasteiger partial charge in [-0.25, -0.2) is 0 Å². The predicted molar refractivity (Wildman–Crippen MR) is 148 cm³/mol. The van der Waals surface area contributed by atoms with Crippen LogP contribution in [0.2, 0.25) is 0 Å². The lowest BCUT2D eigenvalue weighted by Gasteiger charge is -2.05. The number of aromatic hydroxyl groups is 1. The average Bonchev–Trinajstić information content (AvgIpc) is 2.91. The third-order valence-corrected chi connectivity index (χ3v) is 4.79. The van der Waals surface area contributed by atoms with Crippen LogP contribution in [0.4, 0.5) is 0 Å². The number of carbonyl (C=O) groups is 4. The van der Waals surface area contributed by atoms with Gasteiger partial charge >= 0.3 is 23.9 Å². The molecule has 3 atom stereocenters. The zero-order chi connectivity index (χ0) is 31.1. The van der Waals surface area contributed by atoms with Gasteiger partial charge in [0.05, 0.1) is 6.54 Å². The fourth-order valence-corrected chi connectivity index (χ4v) is 2.56. The molecule has 2 aromatic carbocycles. The molecule has 0 bridgehead atoms. The van der Waals surface area contributed by atoms with Gasteiger partial charge in [-0.3, -0.25) is 19.2 Å². The molecule has 0 amide bonds. The van der Waals surface area contributed by atoms with Crippen LogP contribution in [0.1, 0.15) is 30.4 Å². The summed E-state index contributed by atoms with van der Waals surface area (Å²) in [4.78, 5) is 40.2. The van der Waals surface area contributed by atoms with Gasteiger partial charge in [-0.1, -0.05) is 48.9 Å². The molecule has 224 valence electrons. The van der Waals surface area contributed by atoms with E-state index in [-0.39, 0.29) is 18.7 Å². The third-order valence-electron chi connectivity index (χ3n) is 4.79. The van der Waals surface area contributed by atoms with Gasteiger partial charge in [-0.2, -0.15) is 0 Å². The summed E-state index contributed by atoms with van der Waals surface area (Å²) in [6.45, 7) is 0.326.